The molecule has 16 nitrogen and oxygen atoms in total. The summed E-state index contributed by atoms with van der Waals surface area (Å²) >= 11 is 0. The van der Waals surface area contributed by atoms with E-state index in [-0.39, 0.29) is 35.6 Å². The number of anilines is 1. The van der Waals surface area contributed by atoms with E-state index < -0.39 is 42.5 Å². The minimum atomic E-state index is -1.28. The van der Waals surface area contributed by atoms with Crippen LogP contribution in [0.5, 0.6) is 0 Å². The van der Waals surface area contributed by atoms with Crippen LogP contribution in [0.2, 0.25) is 0 Å². The van der Waals surface area contributed by atoms with E-state index in [0.29, 0.717) is 22.7 Å². The highest BCUT2D eigenvalue weighted by molar-refractivity contribution is 7.96. The van der Waals surface area contributed by atoms with Gasteiger partial charge in [0.15, 0.2) is 23.7 Å². The summed E-state index contributed by atoms with van der Waals surface area (Å²) in [5.41, 5.74) is 21.6. The number of fused-ring (bicyclic) bond motifs is 1. The van der Waals surface area contributed by atoms with Gasteiger partial charge >= 0.3 is 5.97 Å². The van der Waals surface area contributed by atoms with E-state index in [1.807, 2.05) is 6.26 Å². The number of nitrogens with two attached hydrogens (primary N) is 4. The van der Waals surface area contributed by atoms with Gasteiger partial charge in [-0.2, -0.15) is 0 Å². The van der Waals surface area contributed by atoms with Gasteiger partial charge < -0.3 is 52.9 Å². The van der Waals surface area contributed by atoms with Gasteiger partial charge in [-0.25, -0.2) is 19.9 Å². The average molecular weight is 516 g/mol. The van der Waals surface area contributed by atoms with Crippen molar-refractivity contribution in [1.29, 1.82) is 0 Å². The summed E-state index contributed by atoms with van der Waals surface area (Å²) in [5.74, 6) is -1.31. The first-order chi connectivity index (χ1) is 16.4. The largest absolute Gasteiger partial charge is 0.548 e. The van der Waals surface area contributed by atoms with Crippen molar-refractivity contribution < 1.29 is 34.8 Å². The number of hydrogen-bond acceptors (Lipinski definition) is 12. The zero-order valence-electron chi connectivity index (χ0n) is 18.8. The molecule has 2 unspecified atom stereocenters. The molecule has 1 aliphatic rings. The molecule has 0 aromatic carbocycles. The highest BCUT2D eigenvalue weighted by Crippen LogP contribution is 2.32. The smallest absolute Gasteiger partial charge is 0.325 e. The second-order valence-corrected chi connectivity index (χ2v) is 9.94. The van der Waals surface area contributed by atoms with Crippen LogP contribution in [0.25, 0.3) is 11.2 Å². The maximum atomic E-state index is 10.7. The number of carbonyl (C=O) groups is 2. The van der Waals surface area contributed by atoms with Crippen molar-refractivity contribution >= 4 is 45.8 Å². The standard InChI is InChI=1S/C15H22N6O5S.C3H7N3O2/c1-27(3-2-7(16)15(24)25)4-8-10(22)11(23)14(26-8)21-6-20-9-12(17)18-5-19-13(9)21;4-3(5)6-1-2(7)8/h5-8,10-11,14,22-23H,2-4,16H2,1H3,(H2-,17,18,19,24,25);1H2,(H,7,8)(H4,4,5,6)/t7?,8-,10-,11-,14-,27?;/m1./s1. The molecule has 2 aromatic rings. The van der Waals surface area contributed by atoms with E-state index in [2.05, 4.69) is 19.9 Å². The summed E-state index contributed by atoms with van der Waals surface area (Å²) in [6.45, 7) is -0.359. The lowest BCUT2D eigenvalue weighted by Crippen LogP contribution is -2.43. The van der Waals surface area contributed by atoms with Crippen molar-refractivity contribution in [2.24, 2.45) is 22.2 Å². The molecule has 1 aliphatic heterocycles. The summed E-state index contributed by atoms with van der Waals surface area (Å²) < 4.78 is 7.39. The lowest BCUT2D eigenvalue weighted by molar-refractivity contribution is -0.307. The van der Waals surface area contributed by atoms with Gasteiger partial charge in [0.2, 0.25) is 0 Å². The second-order valence-electron chi connectivity index (χ2n) is 7.63. The normalized spacial score (nSPS) is 23.2. The van der Waals surface area contributed by atoms with Crippen LogP contribution in [-0.4, -0.2) is 101 Å². The first-order valence-corrected chi connectivity index (χ1v) is 12.2. The first kappa shape index (κ1) is 28.0. The molecule has 3 heterocycles. The van der Waals surface area contributed by atoms with Crippen LogP contribution in [0.1, 0.15) is 12.6 Å². The zero-order valence-corrected chi connectivity index (χ0v) is 19.6. The Labute approximate surface area is 202 Å². The minimum absolute atomic E-state index is 0.201. The number of rotatable bonds is 9. The summed E-state index contributed by atoms with van der Waals surface area (Å²) in [7, 11) is -0.263. The number of nitrogen functional groups attached to an aromatic ring is 1. The van der Waals surface area contributed by atoms with Gasteiger partial charge in [0.05, 0.1) is 18.6 Å². The lowest BCUT2D eigenvalue weighted by Gasteiger charge is -2.16. The quantitative estimate of drug-likeness (QED) is 0.0935. The Morgan fingerprint density at radius 3 is 2.54 bits per heavy atom. The lowest BCUT2D eigenvalue weighted by atomic mass is 10.1. The maximum Gasteiger partial charge on any atom is 0.325 e. The fourth-order valence-corrected chi connectivity index (χ4v) is 4.78. The van der Waals surface area contributed by atoms with Crippen molar-refractivity contribution in [3.63, 3.8) is 0 Å². The van der Waals surface area contributed by atoms with E-state index in [9.17, 15) is 24.9 Å². The number of carbonyl (C=O) groups excluding carboxylic acids is 1. The van der Waals surface area contributed by atoms with Crippen molar-refractivity contribution in [1.82, 2.24) is 19.5 Å². The monoisotopic (exact) mass is 515 g/mol. The number of aliphatic hydroxyl groups is 2. The van der Waals surface area contributed by atoms with E-state index in [4.69, 9.17) is 32.8 Å². The average Bonchev–Trinajstić information content (AvgIpc) is 3.34. The summed E-state index contributed by atoms with van der Waals surface area (Å²) in [6, 6.07) is -1.02. The topological polar surface area (TPSA) is 287 Å². The van der Waals surface area contributed by atoms with Gasteiger partial charge in [0.25, 0.3) is 0 Å². The maximum absolute atomic E-state index is 10.7. The predicted molar refractivity (Wildman–Crippen MR) is 125 cm³/mol. The van der Waals surface area contributed by atoms with Crippen LogP contribution in [-0.2, 0) is 25.2 Å². The number of guanidine groups is 1. The fraction of sp³-hybridized carbons (Fsp3) is 0.556. The Kier molecular flexibility index (Phi) is 9.96. The van der Waals surface area contributed by atoms with Gasteiger partial charge in [0, 0.05) is 12.5 Å². The molecule has 0 bridgehead atoms. The van der Waals surface area contributed by atoms with Crippen LogP contribution in [0, 0.1) is 0 Å². The van der Waals surface area contributed by atoms with Crippen LogP contribution in [0.4, 0.5) is 5.82 Å². The number of ether oxygens (including phenoxy) is 1. The molecular formula is C18H29N9O7S. The molecule has 35 heavy (non-hydrogen) atoms. The van der Waals surface area contributed by atoms with Crippen LogP contribution < -0.4 is 28.0 Å². The molecule has 2 aromatic heterocycles. The van der Waals surface area contributed by atoms with Gasteiger partial charge in [-0.3, -0.25) is 9.36 Å². The Morgan fingerprint density at radius 1 is 1.29 bits per heavy atom. The highest BCUT2D eigenvalue weighted by atomic mass is 32.2. The molecule has 0 aliphatic carbocycles. The molecule has 0 amide bonds. The number of carboxylic acids is 2. The third-order valence-electron chi connectivity index (χ3n) is 4.92. The number of nitrogens with zero attached hydrogens (tertiary/aromatic N) is 5. The summed E-state index contributed by atoms with van der Waals surface area (Å²) in [4.78, 5) is 35.7. The number of aliphatic hydroxyl groups excluding tert-OH is 2. The number of imidazole rings is 1. The Morgan fingerprint density at radius 2 is 1.97 bits per heavy atom. The molecule has 11 N–H and O–H groups in total. The second kappa shape index (κ2) is 12.5. The number of aliphatic carboxylic acids is 2. The van der Waals surface area contributed by atoms with Crippen LogP contribution in [0.3, 0.4) is 0 Å². The van der Waals surface area contributed by atoms with Crippen molar-refractivity contribution in [3.8, 4) is 0 Å². The Hall–Kier alpha value is -3.25. The first-order valence-electron chi connectivity index (χ1n) is 10.2. The molecule has 0 radical (unpaired) electrons. The molecule has 194 valence electrons. The van der Waals surface area contributed by atoms with Gasteiger partial charge in [-0.1, -0.05) is 0 Å². The molecule has 17 heteroatoms. The van der Waals surface area contributed by atoms with Crippen LogP contribution in [0.15, 0.2) is 17.6 Å². The molecule has 3 rings (SSSR count). The number of aromatic nitrogens is 4. The molecule has 0 saturated carbocycles. The number of aliphatic imine (C=N–C) groups is 1. The van der Waals surface area contributed by atoms with Gasteiger partial charge in [0.1, 0.15) is 48.2 Å². The van der Waals surface area contributed by atoms with Gasteiger partial charge in [-0.15, -0.1) is 0 Å². The zero-order chi connectivity index (χ0) is 26.3. The molecule has 1 saturated heterocycles. The fourth-order valence-electron chi connectivity index (χ4n) is 3.12. The Balaban J connectivity index is 0.000000466. The van der Waals surface area contributed by atoms with E-state index in [1.165, 1.54) is 17.2 Å². The molecule has 1 fully saturated rings. The van der Waals surface area contributed by atoms with E-state index in [1.54, 1.807) is 0 Å². The highest BCUT2D eigenvalue weighted by Gasteiger charge is 2.46. The van der Waals surface area contributed by atoms with Crippen LogP contribution >= 0.6 is 0 Å². The Bertz CT molecular complexity index is 1050. The van der Waals surface area contributed by atoms with E-state index >= 15 is 0 Å². The van der Waals surface area contributed by atoms with Crippen molar-refractivity contribution in [3.05, 3.63) is 12.7 Å². The van der Waals surface area contributed by atoms with E-state index in [0.717, 1.165) is 0 Å². The third kappa shape index (κ3) is 7.62. The summed E-state index contributed by atoms with van der Waals surface area (Å²) in [5, 5.41) is 39.5. The number of hydrogen-bond donors (Lipinski definition) is 7. The predicted octanol–water partition coefficient (Wildman–Crippen LogP) is -4.91. The molecular weight excluding hydrogens is 486 g/mol. The van der Waals surface area contributed by atoms with Crippen molar-refractivity contribution in [2.75, 3.05) is 30.0 Å². The van der Waals surface area contributed by atoms with Crippen molar-refractivity contribution in [2.45, 2.75) is 37.0 Å². The minimum Gasteiger partial charge on any atom is -0.548 e. The van der Waals surface area contributed by atoms with Gasteiger partial charge in [-0.05, 0) is 10.9 Å². The third-order valence-corrected chi connectivity index (χ3v) is 6.75. The number of carboxylic acid groups (broad SMARTS) is 2. The molecule has 0 spiro atoms. The SMILES string of the molecule is C[S+](CCC(N)C(=O)[O-])C[C@H]1O[C@@H](n2cnc3c(N)ncnc32)[C@H](O)[C@@H]1O.NC(N)=NCC(=O)O. The molecule has 6 atom stereocenters. The summed E-state index contributed by atoms with van der Waals surface area (Å²) in [6.07, 6.45) is 1.17.